The molecule has 0 aromatic carbocycles. The van der Waals surface area contributed by atoms with E-state index in [0.717, 1.165) is 0 Å². The Morgan fingerprint density at radius 1 is 1.33 bits per heavy atom. The molecule has 118 valence electrons. The fourth-order valence-corrected chi connectivity index (χ4v) is 2.58. The molecule has 0 bridgehead atoms. The predicted octanol–water partition coefficient (Wildman–Crippen LogP) is 0.818. The summed E-state index contributed by atoms with van der Waals surface area (Å²) >= 11 is 0. The summed E-state index contributed by atoms with van der Waals surface area (Å²) < 4.78 is 9.92. The van der Waals surface area contributed by atoms with Gasteiger partial charge in [0, 0.05) is 6.54 Å². The SMILES string of the molecule is COC(=O)C1(N2CC[C@@H](NC(=O)OC(C)(C)C)C2=O)CC1. The van der Waals surface area contributed by atoms with Crippen LogP contribution < -0.4 is 5.32 Å². The highest BCUT2D eigenvalue weighted by Gasteiger charge is 2.60. The average Bonchev–Trinajstić information content (AvgIpc) is 3.09. The summed E-state index contributed by atoms with van der Waals surface area (Å²) in [5.74, 6) is -0.627. The largest absolute Gasteiger partial charge is 0.467 e. The van der Waals surface area contributed by atoms with Gasteiger partial charge >= 0.3 is 12.1 Å². The third kappa shape index (κ3) is 3.11. The molecule has 0 unspecified atom stereocenters. The summed E-state index contributed by atoms with van der Waals surface area (Å²) in [6.45, 7) is 5.71. The molecule has 0 aromatic heterocycles. The van der Waals surface area contributed by atoms with Gasteiger partial charge in [0.2, 0.25) is 5.91 Å². The molecule has 2 rings (SSSR count). The van der Waals surface area contributed by atoms with Gasteiger partial charge in [0.05, 0.1) is 7.11 Å². The average molecular weight is 298 g/mol. The number of rotatable bonds is 3. The van der Waals surface area contributed by atoms with E-state index in [9.17, 15) is 14.4 Å². The molecule has 1 heterocycles. The van der Waals surface area contributed by atoms with Crippen LogP contribution in [0.3, 0.4) is 0 Å². The Labute approximate surface area is 123 Å². The van der Waals surface area contributed by atoms with Crippen molar-refractivity contribution in [2.75, 3.05) is 13.7 Å². The lowest BCUT2D eigenvalue weighted by Gasteiger charge is -2.26. The summed E-state index contributed by atoms with van der Waals surface area (Å²) in [5.41, 5.74) is -1.43. The summed E-state index contributed by atoms with van der Waals surface area (Å²) in [5, 5.41) is 2.57. The number of alkyl carbamates (subject to hydrolysis) is 1. The van der Waals surface area contributed by atoms with Crippen molar-refractivity contribution in [3.63, 3.8) is 0 Å². The van der Waals surface area contributed by atoms with Gasteiger partial charge in [-0.25, -0.2) is 9.59 Å². The van der Waals surface area contributed by atoms with Crippen molar-refractivity contribution >= 4 is 18.0 Å². The minimum absolute atomic E-state index is 0.247. The number of nitrogens with zero attached hydrogens (tertiary/aromatic N) is 1. The Balaban J connectivity index is 1.96. The van der Waals surface area contributed by atoms with Crippen LogP contribution in [0.5, 0.6) is 0 Å². The minimum Gasteiger partial charge on any atom is -0.467 e. The second kappa shape index (κ2) is 5.20. The van der Waals surface area contributed by atoms with Gasteiger partial charge in [-0.05, 0) is 40.0 Å². The lowest BCUT2D eigenvalue weighted by atomic mass is 10.2. The number of ether oxygens (including phenoxy) is 2. The number of likely N-dealkylation sites (tertiary alicyclic amines) is 1. The van der Waals surface area contributed by atoms with Crippen molar-refractivity contribution in [3.05, 3.63) is 0 Å². The molecule has 7 heteroatoms. The topological polar surface area (TPSA) is 84.9 Å². The molecule has 2 amide bonds. The molecule has 21 heavy (non-hydrogen) atoms. The van der Waals surface area contributed by atoms with Crippen LogP contribution in [0.4, 0.5) is 4.79 Å². The zero-order valence-electron chi connectivity index (χ0n) is 12.9. The number of esters is 1. The Morgan fingerprint density at radius 3 is 2.43 bits per heavy atom. The van der Waals surface area contributed by atoms with E-state index >= 15 is 0 Å². The van der Waals surface area contributed by atoms with Crippen molar-refractivity contribution in [1.29, 1.82) is 0 Å². The highest BCUT2D eigenvalue weighted by molar-refractivity contribution is 5.95. The summed E-state index contributed by atoms with van der Waals surface area (Å²) in [4.78, 5) is 37.4. The van der Waals surface area contributed by atoms with Crippen molar-refractivity contribution in [1.82, 2.24) is 10.2 Å². The van der Waals surface area contributed by atoms with Gasteiger partial charge in [-0.1, -0.05) is 0 Å². The molecular formula is C14H22N2O5. The number of amides is 2. The molecule has 2 fully saturated rings. The third-order valence-corrected chi connectivity index (χ3v) is 3.70. The molecule has 1 aliphatic carbocycles. The third-order valence-electron chi connectivity index (χ3n) is 3.70. The fraction of sp³-hybridized carbons (Fsp3) is 0.786. The van der Waals surface area contributed by atoms with E-state index in [1.807, 2.05) is 0 Å². The lowest BCUT2D eigenvalue weighted by Crippen LogP contribution is -2.49. The van der Waals surface area contributed by atoms with E-state index in [0.29, 0.717) is 25.8 Å². The highest BCUT2D eigenvalue weighted by atomic mass is 16.6. The van der Waals surface area contributed by atoms with Crippen LogP contribution in [0, 0.1) is 0 Å². The maximum absolute atomic E-state index is 12.4. The molecule has 7 nitrogen and oxygen atoms in total. The molecular weight excluding hydrogens is 276 g/mol. The molecule has 0 spiro atoms. The zero-order valence-corrected chi connectivity index (χ0v) is 12.9. The predicted molar refractivity (Wildman–Crippen MR) is 73.5 cm³/mol. The summed E-state index contributed by atoms with van der Waals surface area (Å²) in [6.07, 6.45) is 1.08. The van der Waals surface area contributed by atoms with Crippen LogP contribution in [-0.4, -0.2) is 53.7 Å². The molecule has 1 N–H and O–H groups in total. The second-order valence-corrected chi connectivity index (χ2v) is 6.50. The number of nitrogens with one attached hydrogen (secondary N) is 1. The van der Waals surface area contributed by atoms with Gasteiger partial charge in [0.15, 0.2) is 0 Å². The number of hydrogen-bond donors (Lipinski definition) is 1. The van der Waals surface area contributed by atoms with Gasteiger partial charge in [-0.3, -0.25) is 4.79 Å². The van der Waals surface area contributed by atoms with Crippen molar-refractivity contribution < 1.29 is 23.9 Å². The molecule has 1 atom stereocenters. The van der Waals surface area contributed by atoms with E-state index in [2.05, 4.69) is 5.32 Å². The Bertz CT molecular complexity index is 464. The molecule has 2 aliphatic rings. The number of carbonyl (C=O) groups is 3. The molecule has 0 aromatic rings. The van der Waals surface area contributed by atoms with E-state index < -0.39 is 23.3 Å². The van der Waals surface area contributed by atoms with Crippen LogP contribution in [0.25, 0.3) is 0 Å². The van der Waals surface area contributed by atoms with Crippen molar-refractivity contribution in [3.8, 4) is 0 Å². The first kappa shape index (κ1) is 15.6. The zero-order chi connectivity index (χ0) is 15.8. The van der Waals surface area contributed by atoms with Crippen LogP contribution in [-0.2, 0) is 19.1 Å². The van der Waals surface area contributed by atoms with Crippen molar-refractivity contribution in [2.24, 2.45) is 0 Å². The van der Waals surface area contributed by atoms with Crippen LogP contribution in [0.2, 0.25) is 0 Å². The van der Waals surface area contributed by atoms with Gasteiger partial charge in [-0.2, -0.15) is 0 Å². The Kier molecular flexibility index (Phi) is 3.86. The van der Waals surface area contributed by atoms with E-state index in [1.54, 1.807) is 20.8 Å². The van der Waals surface area contributed by atoms with E-state index in [4.69, 9.17) is 9.47 Å². The van der Waals surface area contributed by atoms with Crippen LogP contribution in [0.1, 0.15) is 40.0 Å². The Morgan fingerprint density at radius 2 is 1.95 bits per heavy atom. The first-order chi connectivity index (χ1) is 9.69. The maximum atomic E-state index is 12.4. The van der Waals surface area contributed by atoms with Gasteiger partial charge in [0.25, 0.3) is 0 Å². The standard InChI is InChI=1S/C14H22N2O5/c1-13(2,3)21-12(19)15-9-5-8-16(10(9)17)14(6-7-14)11(18)20-4/h9H,5-8H2,1-4H3,(H,15,19)/t9-/m1/s1. The first-order valence-corrected chi connectivity index (χ1v) is 7.09. The molecule has 1 saturated heterocycles. The monoisotopic (exact) mass is 298 g/mol. The highest BCUT2D eigenvalue weighted by Crippen LogP contribution is 2.44. The van der Waals surface area contributed by atoms with Gasteiger partial charge in [0.1, 0.15) is 17.2 Å². The lowest BCUT2D eigenvalue weighted by molar-refractivity contribution is -0.153. The van der Waals surface area contributed by atoms with Crippen LogP contribution in [0.15, 0.2) is 0 Å². The first-order valence-electron chi connectivity index (χ1n) is 7.09. The fourth-order valence-electron chi connectivity index (χ4n) is 2.58. The number of hydrogen-bond acceptors (Lipinski definition) is 5. The molecule has 0 radical (unpaired) electrons. The van der Waals surface area contributed by atoms with Crippen LogP contribution >= 0.6 is 0 Å². The van der Waals surface area contributed by atoms with Gasteiger partial charge < -0.3 is 19.7 Å². The molecule has 1 aliphatic heterocycles. The molecule has 1 saturated carbocycles. The maximum Gasteiger partial charge on any atom is 0.408 e. The summed E-state index contributed by atoms with van der Waals surface area (Å²) in [7, 11) is 1.32. The van der Waals surface area contributed by atoms with E-state index in [1.165, 1.54) is 12.0 Å². The summed E-state index contributed by atoms with van der Waals surface area (Å²) in [6, 6.07) is -0.637. The van der Waals surface area contributed by atoms with Crippen molar-refractivity contribution in [2.45, 2.75) is 57.2 Å². The Hall–Kier alpha value is -1.79. The number of methoxy groups -OCH3 is 1. The quantitative estimate of drug-likeness (QED) is 0.780. The second-order valence-electron chi connectivity index (χ2n) is 6.50. The minimum atomic E-state index is -0.809. The van der Waals surface area contributed by atoms with Gasteiger partial charge in [-0.15, -0.1) is 0 Å². The van der Waals surface area contributed by atoms with E-state index in [-0.39, 0.29) is 11.9 Å². The normalized spacial score (nSPS) is 23.7. The number of carbonyl (C=O) groups excluding carboxylic acids is 3. The smallest absolute Gasteiger partial charge is 0.408 e.